The number of ether oxygens (including phenoxy) is 1. The van der Waals surface area contributed by atoms with Crippen molar-refractivity contribution in [2.24, 2.45) is 5.84 Å². The molecule has 1 aliphatic carbocycles. The van der Waals surface area contributed by atoms with Crippen LogP contribution in [0.4, 0.5) is 10.5 Å². The van der Waals surface area contributed by atoms with Crippen molar-refractivity contribution in [3.63, 3.8) is 0 Å². The van der Waals surface area contributed by atoms with Gasteiger partial charge in [0, 0.05) is 18.0 Å². The number of anilines is 1. The van der Waals surface area contributed by atoms with Gasteiger partial charge >= 0.3 is 6.09 Å². The molecule has 3 heterocycles. The third kappa shape index (κ3) is 3.33. The highest BCUT2D eigenvalue weighted by Crippen LogP contribution is 2.40. The quantitative estimate of drug-likeness (QED) is 0.588. The number of hydrogen-bond donors (Lipinski definition) is 2. The summed E-state index contributed by atoms with van der Waals surface area (Å²) in [6.07, 6.45) is 10.5. The Bertz CT molecular complexity index is 1040. The van der Waals surface area contributed by atoms with Crippen LogP contribution in [0, 0.1) is 0 Å². The molecule has 2 aromatic rings. The minimum absolute atomic E-state index is 0.0959. The number of carbonyl (C=O) groups excluding carboxylic acids is 2. The van der Waals surface area contributed by atoms with Crippen LogP contribution in [0.2, 0.25) is 0 Å². The Morgan fingerprint density at radius 3 is 2.70 bits per heavy atom. The number of amides is 1. The Balaban J connectivity index is 1.88. The summed E-state index contributed by atoms with van der Waals surface area (Å²) in [5, 5.41) is 1.51. The molecular weight excluding hydrogens is 384 g/mol. The molecule has 9 nitrogen and oxygen atoms in total. The van der Waals surface area contributed by atoms with Crippen molar-refractivity contribution in [1.29, 1.82) is 0 Å². The second kappa shape index (κ2) is 8.03. The fourth-order valence-corrected chi connectivity index (χ4v) is 3.83. The third-order valence-electron chi connectivity index (χ3n) is 5.21. The van der Waals surface area contributed by atoms with E-state index in [-0.39, 0.29) is 25.5 Å². The van der Waals surface area contributed by atoms with Gasteiger partial charge < -0.3 is 10.6 Å². The first-order chi connectivity index (χ1) is 14.5. The van der Waals surface area contributed by atoms with Crippen molar-refractivity contribution in [2.75, 3.05) is 24.0 Å². The van der Waals surface area contributed by atoms with Gasteiger partial charge in [0.15, 0.2) is 5.78 Å². The summed E-state index contributed by atoms with van der Waals surface area (Å²) >= 11 is 0. The number of carbonyl (C=O) groups is 2. The lowest BCUT2D eigenvalue weighted by molar-refractivity contribution is 0.0793. The van der Waals surface area contributed by atoms with Crippen LogP contribution in [-0.2, 0) is 11.3 Å². The Hall–Kier alpha value is -3.59. The summed E-state index contributed by atoms with van der Waals surface area (Å²) in [4.78, 5) is 30.8. The van der Waals surface area contributed by atoms with Crippen LogP contribution in [0.1, 0.15) is 35.8 Å². The Labute approximate surface area is 174 Å². The van der Waals surface area contributed by atoms with Crippen molar-refractivity contribution in [3.05, 3.63) is 59.7 Å². The van der Waals surface area contributed by atoms with E-state index in [4.69, 9.17) is 16.4 Å². The van der Waals surface area contributed by atoms with Crippen LogP contribution in [0.3, 0.4) is 0 Å². The first-order valence-electron chi connectivity index (χ1n) is 9.82. The van der Waals surface area contributed by atoms with E-state index in [1.807, 2.05) is 18.2 Å². The van der Waals surface area contributed by atoms with Crippen molar-refractivity contribution >= 4 is 17.6 Å². The number of nitrogen functional groups attached to an aromatic ring is 1. The molecule has 9 heteroatoms. The highest BCUT2D eigenvalue weighted by atomic mass is 16.6. The van der Waals surface area contributed by atoms with Gasteiger partial charge in [0.2, 0.25) is 0 Å². The first kappa shape index (κ1) is 19.7. The van der Waals surface area contributed by atoms with Crippen molar-refractivity contribution in [3.8, 4) is 11.3 Å². The zero-order valence-electron chi connectivity index (χ0n) is 16.7. The molecule has 0 fully saturated rings. The standard InChI is InChI=1S/C21H24N6O3/c1-2-30-21(29)25-12-16-18(17(28)13-25)20(26(22)15-6-4-3-5-7-15)19(27(16)23)14-8-10-24-11-9-14/h4,6-11H,2-3,5,12-13,22-23H2,1H3. The van der Waals surface area contributed by atoms with Gasteiger partial charge in [0.05, 0.1) is 48.0 Å². The Morgan fingerprint density at radius 2 is 2.03 bits per heavy atom. The van der Waals surface area contributed by atoms with Gasteiger partial charge in [-0.25, -0.2) is 10.6 Å². The molecule has 1 amide bonds. The first-order valence-corrected chi connectivity index (χ1v) is 9.82. The molecular formula is C21H24N6O3. The molecule has 30 heavy (non-hydrogen) atoms. The average molecular weight is 408 g/mol. The van der Waals surface area contributed by atoms with Gasteiger partial charge in [0.25, 0.3) is 0 Å². The van der Waals surface area contributed by atoms with Crippen LogP contribution in [0.25, 0.3) is 11.3 Å². The predicted molar refractivity (Wildman–Crippen MR) is 113 cm³/mol. The van der Waals surface area contributed by atoms with Crippen LogP contribution < -0.4 is 16.7 Å². The summed E-state index contributed by atoms with van der Waals surface area (Å²) in [6, 6.07) is 3.61. The number of ketones is 1. The largest absolute Gasteiger partial charge is 0.450 e. The number of Topliss-reactive ketones (excluding diaryl/α,β-unsaturated/α-hetero) is 1. The van der Waals surface area contributed by atoms with E-state index in [0.29, 0.717) is 22.6 Å². The van der Waals surface area contributed by atoms with E-state index in [0.717, 1.165) is 24.1 Å². The summed E-state index contributed by atoms with van der Waals surface area (Å²) in [5.74, 6) is 12.7. The SMILES string of the molecule is CCOC(=O)N1CC(=O)c2c(N(N)C3=CCCC=C3)c(-c3ccncc3)n(N)c2C1. The fourth-order valence-electron chi connectivity index (χ4n) is 3.83. The van der Waals surface area contributed by atoms with Crippen molar-refractivity contribution in [1.82, 2.24) is 14.6 Å². The van der Waals surface area contributed by atoms with Crippen molar-refractivity contribution < 1.29 is 14.3 Å². The smallest absolute Gasteiger partial charge is 0.410 e. The monoisotopic (exact) mass is 408 g/mol. The maximum absolute atomic E-state index is 13.2. The fraction of sp³-hybridized carbons (Fsp3) is 0.286. The molecule has 4 N–H and O–H groups in total. The normalized spacial score (nSPS) is 15.6. The molecule has 0 atom stereocenters. The van der Waals surface area contributed by atoms with Gasteiger partial charge in [-0.15, -0.1) is 0 Å². The maximum Gasteiger partial charge on any atom is 0.410 e. The minimum Gasteiger partial charge on any atom is -0.450 e. The average Bonchev–Trinajstić information content (AvgIpc) is 3.07. The third-order valence-corrected chi connectivity index (χ3v) is 5.21. The number of nitrogens with zero attached hydrogens (tertiary/aromatic N) is 4. The zero-order chi connectivity index (χ0) is 21.3. The zero-order valence-corrected chi connectivity index (χ0v) is 16.7. The molecule has 2 aliphatic rings. The van der Waals surface area contributed by atoms with Gasteiger partial charge in [-0.2, -0.15) is 0 Å². The van der Waals surface area contributed by atoms with E-state index in [1.165, 1.54) is 14.6 Å². The maximum atomic E-state index is 13.2. The number of allylic oxidation sites excluding steroid dienone is 3. The molecule has 156 valence electrons. The number of nitrogens with two attached hydrogens (primary N) is 2. The predicted octanol–water partition coefficient (Wildman–Crippen LogP) is 2.33. The Kier molecular flexibility index (Phi) is 5.28. The number of pyridine rings is 1. The second-order valence-corrected chi connectivity index (χ2v) is 7.08. The van der Waals surface area contributed by atoms with Gasteiger partial charge in [-0.05, 0) is 38.0 Å². The second-order valence-electron chi connectivity index (χ2n) is 7.08. The molecule has 0 saturated carbocycles. The molecule has 0 spiro atoms. The summed E-state index contributed by atoms with van der Waals surface area (Å²) in [5.41, 5.74) is 3.59. The van der Waals surface area contributed by atoms with Crippen LogP contribution in [0.15, 0.2) is 48.5 Å². The topological polar surface area (TPSA) is 120 Å². The molecule has 0 radical (unpaired) electrons. The highest BCUT2D eigenvalue weighted by Gasteiger charge is 2.37. The van der Waals surface area contributed by atoms with Gasteiger partial charge in [-0.3, -0.25) is 24.4 Å². The molecule has 0 aromatic carbocycles. The Morgan fingerprint density at radius 1 is 1.27 bits per heavy atom. The number of aromatic nitrogens is 2. The van der Waals surface area contributed by atoms with Crippen LogP contribution in [-0.4, -0.2) is 39.6 Å². The summed E-state index contributed by atoms with van der Waals surface area (Å²) in [7, 11) is 0. The number of rotatable bonds is 4. The lowest BCUT2D eigenvalue weighted by Crippen LogP contribution is -2.41. The van der Waals surface area contributed by atoms with E-state index in [1.54, 1.807) is 31.5 Å². The van der Waals surface area contributed by atoms with Crippen LogP contribution in [0.5, 0.6) is 0 Å². The summed E-state index contributed by atoms with van der Waals surface area (Å²) < 4.78 is 6.51. The molecule has 4 rings (SSSR count). The lowest BCUT2D eigenvalue weighted by atomic mass is 10.0. The van der Waals surface area contributed by atoms with E-state index >= 15 is 0 Å². The van der Waals surface area contributed by atoms with Gasteiger partial charge in [-0.1, -0.05) is 12.2 Å². The highest BCUT2D eigenvalue weighted by molar-refractivity contribution is 6.09. The lowest BCUT2D eigenvalue weighted by Gasteiger charge is -2.27. The molecule has 0 unspecified atom stereocenters. The van der Waals surface area contributed by atoms with E-state index in [9.17, 15) is 9.59 Å². The van der Waals surface area contributed by atoms with Crippen molar-refractivity contribution in [2.45, 2.75) is 26.3 Å². The molecule has 1 aliphatic heterocycles. The number of hydrazine groups is 1. The minimum atomic E-state index is -0.549. The molecule has 2 aromatic heterocycles. The number of fused-ring (bicyclic) bond motifs is 1. The van der Waals surface area contributed by atoms with Crippen LogP contribution >= 0.6 is 0 Å². The van der Waals surface area contributed by atoms with Gasteiger partial charge in [0.1, 0.15) is 0 Å². The molecule has 0 bridgehead atoms. The number of hydrogen-bond acceptors (Lipinski definition) is 7. The summed E-state index contributed by atoms with van der Waals surface area (Å²) in [6.45, 7) is 2.00. The van der Waals surface area contributed by atoms with E-state index in [2.05, 4.69) is 4.98 Å². The molecule has 0 saturated heterocycles. The van der Waals surface area contributed by atoms with E-state index < -0.39 is 6.09 Å².